The molecule has 9 heteroatoms. The van der Waals surface area contributed by atoms with Gasteiger partial charge in [-0.25, -0.2) is 0 Å². The number of carbonyl (C=O) groups is 2. The third kappa shape index (κ3) is 1.79. The first-order chi connectivity index (χ1) is 13.5. The van der Waals surface area contributed by atoms with Gasteiger partial charge >= 0.3 is 0 Å². The van der Waals surface area contributed by atoms with E-state index in [4.69, 9.17) is 10.5 Å². The van der Waals surface area contributed by atoms with Gasteiger partial charge in [0, 0.05) is 47.8 Å². The Morgan fingerprint density at radius 1 is 1.29 bits per heavy atom. The third-order valence-electron chi connectivity index (χ3n) is 7.81. The molecule has 0 amide bonds. The Hall–Kier alpha value is -1.62. The number of ether oxygens (including phenoxy) is 1. The van der Waals surface area contributed by atoms with E-state index in [1.807, 2.05) is 11.9 Å². The zero-order chi connectivity index (χ0) is 19.5. The highest BCUT2D eigenvalue weighted by atomic mass is 16.5. The molecule has 8 atom stereocenters. The highest BCUT2D eigenvalue weighted by molar-refractivity contribution is 6.23. The molecule has 5 heterocycles. The number of piperidine rings is 1. The van der Waals surface area contributed by atoms with Gasteiger partial charge in [-0.3, -0.25) is 24.3 Å². The maximum Gasteiger partial charge on any atom is 0.206 e. The Balaban J connectivity index is 1.62. The van der Waals surface area contributed by atoms with Crippen LogP contribution in [0.3, 0.4) is 0 Å². The molecule has 4 N–H and O–H groups in total. The summed E-state index contributed by atoms with van der Waals surface area (Å²) in [6.45, 7) is 0.911. The number of aliphatic hydroxyl groups excluding tert-OH is 2. The highest BCUT2D eigenvalue weighted by Gasteiger charge is 2.68. The molecule has 150 valence electrons. The van der Waals surface area contributed by atoms with Gasteiger partial charge in [0.05, 0.1) is 31.0 Å². The van der Waals surface area contributed by atoms with E-state index < -0.39 is 18.1 Å². The van der Waals surface area contributed by atoms with Gasteiger partial charge in [0.25, 0.3) is 0 Å². The van der Waals surface area contributed by atoms with Crippen LogP contribution in [0.4, 0.5) is 0 Å². The van der Waals surface area contributed by atoms with Crippen molar-refractivity contribution in [3.63, 3.8) is 0 Å². The molecular formula is C19H24N4O5. The fourth-order valence-electron chi connectivity index (χ4n) is 6.88. The fourth-order valence-corrected chi connectivity index (χ4v) is 6.88. The summed E-state index contributed by atoms with van der Waals surface area (Å²) in [6, 6.07) is -1.29. The van der Waals surface area contributed by atoms with Gasteiger partial charge in [-0.1, -0.05) is 0 Å². The van der Waals surface area contributed by atoms with Crippen molar-refractivity contribution in [2.45, 2.75) is 49.1 Å². The lowest BCUT2D eigenvalue weighted by Gasteiger charge is -2.61. The van der Waals surface area contributed by atoms with E-state index in [0.29, 0.717) is 18.7 Å². The largest absolute Gasteiger partial charge is 0.395 e. The lowest BCUT2D eigenvalue weighted by Crippen LogP contribution is -2.78. The zero-order valence-electron chi connectivity index (χ0n) is 15.6. The van der Waals surface area contributed by atoms with E-state index in [0.717, 1.165) is 6.42 Å². The van der Waals surface area contributed by atoms with Gasteiger partial charge in [-0.2, -0.15) is 0 Å². The number of rotatable bonds is 1. The van der Waals surface area contributed by atoms with E-state index >= 15 is 0 Å². The summed E-state index contributed by atoms with van der Waals surface area (Å²) in [5.74, 6) is -0.462. The number of likely N-dealkylation sites (N-methyl/N-ethyl adjacent to an activating group) is 1. The van der Waals surface area contributed by atoms with Crippen molar-refractivity contribution in [1.82, 2.24) is 14.7 Å². The van der Waals surface area contributed by atoms with Crippen LogP contribution in [0, 0.1) is 5.92 Å². The van der Waals surface area contributed by atoms with Gasteiger partial charge in [0.1, 0.15) is 12.5 Å². The summed E-state index contributed by atoms with van der Waals surface area (Å²) in [5.41, 5.74) is 6.41. The normalized spacial score (nSPS) is 48.0. The number of nitrogens with zero attached hydrogens (tertiary/aromatic N) is 3. The number of carbonyl (C=O) groups excluding carboxylic acids is 2. The van der Waals surface area contributed by atoms with E-state index in [9.17, 15) is 19.8 Å². The Kier molecular flexibility index (Phi) is 3.39. The topological polar surface area (TPSA) is 120 Å². The molecule has 4 saturated heterocycles. The van der Waals surface area contributed by atoms with Crippen LogP contribution in [0.25, 0.3) is 0 Å². The molecule has 0 aromatic rings. The summed E-state index contributed by atoms with van der Waals surface area (Å²) in [5, 5.41) is 21.5. The highest BCUT2D eigenvalue weighted by Crippen LogP contribution is 2.54. The molecule has 5 aliphatic heterocycles. The number of ketones is 2. The molecule has 1 aliphatic carbocycles. The number of aliphatic hydroxyl groups is 2. The lowest BCUT2D eigenvalue weighted by atomic mass is 9.70. The van der Waals surface area contributed by atoms with Gasteiger partial charge in [0.2, 0.25) is 5.78 Å². The first-order valence-corrected chi connectivity index (χ1v) is 9.91. The second-order valence-electron chi connectivity index (χ2n) is 8.74. The molecule has 9 nitrogen and oxygen atoms in total. The monoisotopic (exact) mass is 388 g/mol. The molecule has 0 spiro atoms. The lowest BCUT2D eigenvalue weighted by molar-refractivity contribution is -0.186. The van der Waals surface area contributed by atoms with E-state index in [1.54, 1.807) is 0 Å². The predicted octanol–water partition coefficient (Wildman–Crippen LogP) is -2.62. The number of piperazine rings is 1. The molecule has 2 bridgehead atoms. The summed E-state index contributed by atoms with van der Waals surface area (Å²) in [7, 11) is 2.02. The third-order valence-corrected chi connectivity index (χ3v) is 7.81. The first-order valence-electron chi connectivity index (χ1n) is 9.91. The van der Waals surface area contributed by atoms with Crippen molar-refractivity contribution in [1.29, 1.82) is 0 Å². The molecule has 8 unspecified atom stereocenters. The quantitative estimate of drug-likeness (QED) is 0.415. The molecule has 0 radical (unpaired) electrons. The second-order valence-corrected chi connectivity index (χ2v) is 8.74. The van der Waals surface area contributed by atoms with Gasteiger partial charge in [-0.15, -0.1) is 0 Å². The molecule has 4 fully saturated rings. The summed E-state index contributed by atoms with van der Waals surface area (Å²) in [4.78, 5) is 32.3. The first kappa shape index (κ1) is 17.3. The maximum atomic E-state index is 13.1. The zero-order valence-corrected chi connectivity index (χ0v) is 15.6. The Morgan fingerprint density at radius 2 is 2.07 bits per heavy atom. The van der Waals surface area contributed by atoms with Crippen LogP contribution in [-0.4, -0.2) is 106 Å². The van der Waals surface area contributed by atoms with Crippen LogP contribution in [0.5, 0.6) is 0 Å². The van der Waals surface area contributed by atoms with Gasteiger partial charge in [0.15, 0.2) is 5.78 Å². The Labute approximate surface area is 162 Å². The summed E-state index contributed by atoms with van der Waals surface area (Å²) < 4.78 is 6.08. The molecule has 0 aromatic carbocycles. The Morgan fingerprint density at radius 3 is 2.82 bits per heavy atom. The fraction of sp³-hybridized carbons (Fsp3) is 0.684. The van der Waals surface area contributed by atoms with Crippen molar-refractivity contribution >= 4 is 11.6 Å². The molecular weight excluding hydrogens is 364 g/mol. The number of nitrogens with two attached hydrogens (primary N) is 1. The van der Waals surface area contributed by atoms with Crippen molar-refractivity contribution in [2.24, 2.45) is 11.7 Å². The van der Waals surface area contributed by atoms with Crippen molar-refractivity contribution in [3.8, 4) is 0 Å². The molecule has 6 aliphatic rings. The van der Waals surface area contributed by atoms with Gasteiger partial charge < -0.3 is 20.7 Å². The number of hydrogen-bond acceptors (Lipinski definition) is 9. The van der Waals surface area contributed by atoms with Crippen LogP contribution >= 0.6 is 0 Å². The smallest absolute Gasteiger partial charge is 0.206 e. The van der Waals surface area contributed by atoms with Crippen LogP contribution in [0.2, 0.25) is 0 Å². The van der Waals surface area contributed by atoms with Crippen molar-refractivity contribution in [2.75, 3.05) is 26.8 Å². The second kappa shape index (κ2) is 5.50. The van der Waals surface area contributed by atoms with Crippen LogP contribution in [0.15, 0.2) is 22.9 Å². The van der Waals surface area contributed by atoms with E-state index in [1.165, 1.54) is 6.08 Å². The van der Waals surface area contributed by atoms with E-state index in [2.05, 4.69) is 9.80 Å². The molecule has 0 aromatic heterocycles. The van der Waals surface area contributed by atoms with Crippen molar-refractivity contribution < 1.29 is 24.5 Å². The molecule has 0 saturated carbocycles. The number of fused-ring (bicyclic) bond motifs is 5. The number of hydrogen-bond donors (Lipinski definition) is 3. The van der Waals surface area contributed by atoms with Crippen LogP contribution < -0.4 is 5.73 Å². The van der Waals surface area contributed by atoms with Crippen molar-refractivity contribution in [3.05, 3.63) is 22.9 Å². The van der Waals surface area contributed by atoms with E-state index in [-0.39, 0.29) is 60.0 Å². The summed E-state index contributed by atoms with van der Waals surface area (Å²) in [6.07, 6.45) is 1.04. The predicted molar refractivity (Wildman–Crippen MR) is 95.5 cm³/mol. The van der Waals surface area contributed by atoms with Gasteiger partial charge in [-0.05, 0) is 13.5 Å². The standard InChI is InChI=1S/C19H24N4O5/c1-21-9-4-7-14(21)16-15(22-2-3-28-19(7)22)13-11(25)5-8(20)17(26)12(13)10(6-24)23(16)18(9)27/h5,7,9-10,14-16,18-19,24,27H,2-4,6,20H2,1H3. The Bertz CT molecular complexity index is 855. The number of Topliss-reactive ketones (excluding diaryl/α,β-unsaturated/α-hetero) is 1. The SMILES string of the molecule is CN1C2CC3C1C1C(C4=C(C(=O)C(N)=CC4=O)C(CO)N1C2O)N1CCOC31. The average molecular weight is 388 g/mol. The maximum absolute atomic E-state index is 13.1. The van der Waals surface area contributed by atoms with Crippen LogP contribution in [0.1, 0.15) is 6.42 Å². The molecule has 28 heavy (non-hydrogen) atoms. The van der Waals surface area contributed by atoms with Crippen LogP contribution in [-0.2, 0) is 14.3 Å². The minimum absolute atomic E-state index is 0.0898. The summed E-state index contributed by atoms with van der Waals surface area (Å²) >= 11 is 0. The minimum Gasteiger partial charge on any atom is -0.395 e. The number of allylic oxidation sites excluding steroid dienone is 2. The minimum atomic E-state index is -0.833. The molecule has 6 rings (SSSR count). The average Bonchev–Trinajstić information content (AvgIpc) is 3.25.